The molecule has 0 saturated carbocycles. The van der Waals surface area contributed by atoms with E-state index in [1.165, 1.54) is 332 Å². The van der Waals surface area contributed by atoms with Crippen LogP contribution in [0.5, 0.6) is 5.75 Å². The van der Waals surface area contributed by atoms with Crippen LogP contribution in [0.3, 0.4) is 0 Å². The zero-order valence-electron chi connectivity index (χ0n) is 86.3. The number of hydrogen-bond donors (Lipinski definition) is 0. The molecule has 1 aliphatic heterocycles. The third-order valence-corrected chi connectivity index (χ3v) is 38.2. The van der Waals surface area contributed by atoms with Gasteiger partial charge in [-0.05, 0) is 146 Å². The smallest absolute Gasteiger partial charge is 0.194 e. The van der Waals surface area contributed by atoms with Crippen molar-refractivity contribution in [2.45, 2.75) is 404 Å². The molecular formula is C125H154F4N4O3S7. The monoisotopic (exact) mass is 2060 g/mol. The lowest BCUT2D eigenvalue weighted by atomic mass is 9.78. The number of nitrogens with zero attached hydrogens (tertiary/aromatic N) is 4. The Morgan fingerprint density at radius 3 is 1.01 bits per heavy atom. The number of nitriles is 4. The molecule has 5 aromatic heterocycles. The topological polar surface area (TPSA) is 139 Å². The van der Waals surface area contributed by atoms with E-state index < -0.39 is 40.4 Å². The predicted molar refractivity (Wildman–Crippen MR) is 605 cm³/mol. The Balaban J connectivity index is 1.000. The van der Waals surface area contributed by atoms with Crippen LogP contribution in [0.1, 0.15) is 445 Å². The highest BCUT2D eigenvalue weighted by Gasteiger charge is 2.48. The van der Waals surface area contributed by atoms with Gasteiger partial charge in [0.05, 0.1) is 28.9 Å². The Labute approximate surface area is 883 Å². The number of carbonyl (C=O) groups is 2. The summed E-state index contributed by atoms with van der Waals surface area (Å²) in [6.07, 6.45) is 77.8. The number of halogens is 4. The average Bonchev–Trinajstić information content (AvgIpc) is 1.66. The van der Waals surface area contributed by atoms with Crippen LogP contribution >= 0.6 is 80.2 Å². The van der Waals surface area contributed by atoms with Gasteiger partial charge in [0.15, 0.2) is 46.2 Å². The molecule has 6 heterocycles. The first kappa shape index (κ1) is 113. The number of ketones is 2. The van der Waals surface area contributed by atoms with Crippen LogP contribution in [0.15, 0.2) is 153 Å². The molecule has 0 saturated heterocycles. The van der Waals surface area contributed by atoms with E-state index in [2.05, 4.69) is 114 Å². The largest absolute Gasteiger partial charge is 0.470 e. The highest BCUT2D eigenvalue weighted by Crippen LogP contribution is 2.63. The summed E-state index contributed by atoms with van der Waals surface area (Å²) in [7, 11) is 0. The number of rotatable bonds is 68. The number of hydrogen-bond acceptors (Lipinski definition) is 14. The number of carbonyl (C=O) groups excluding carboxylic acids is 2. The fourth-order valence-electron chi connectivity index (χ4n) is 20.8. The zero-order valence-corrected chi connectivity index (χ0v) is 92.1. The van der Waals surface area contributed by atoms with Crippen LogP contribution in [0.2, 0.25) is 0 Å². The molecule has 2 unspecified atom stereocenters. The van der Waals surface area contributed by atoms with Crippen LogP contribution in [0, 0.1) is 80.4 Å². The number of thioether (sulfide) groups is 2. The molecule has 2 aliphatic carbocycles. The highest BCUT2D eigenvalue weighted by atomic mass is 32.2. The van der Waals surface area contributed by atoms with E-state index >= 15 is 13.2 Å². The number of aryl methyl sites for hydroxylation is 2. The number of benzene rings is 4. The Bertz CT molecular complexity index is 5860. The number of ether oxygens (including phenoxy) is 1. The Hall–Kier alpha value is -8.40. The molecule has 0 N–H and O–H groups in total. The lowest BCUT2D eigenvalue weighted by Crippen LogP contribution is -2.37. The van der Waals surface area contributed by atoms with Crippen LogP contribution in [-0.4, -0.2) is 23.1 Å². The summed E-state index contributed by atoms with van der Waals surface area (Å²) in [5.74, 6) is -2.15. The quantitative estimate of drug-likeness (QED) is 0.0120. The first-order valence-electron chi connectivity index (χ1n) is 55.1. The van der Waals surface area contributed by atoms with Gasteiger partial charge in [-0.2, -0.15) is 21.0 Å². The summed E-state index contributed by atoms with van der Waals surface area (Å²) in [4.78, 5) is 39.6. The molecule has 3 aliphatic rings. The van der Waals surface area contributed by atoms with Crippen LogP contribution in [0.4, 0.5) is 17.6 Å². The SMILES string of the molecule is CCCCCCCCCCCCC(CCCCCCCCCC)CSc1cc(/C=C/C=C2\C(=O)c3cc(F)c(F)cc3C2=C(C#N)C#N)sc1-c1cc2c(s1)-c1sc3cc(-c4sc(/C=C/C=C5\C(=O)c6cc(F)c(F)cc6C5=C(C#N)C#N)cc4SCC(CCCCCCCCCC)CCCCCCCCCCCC)sc3c1OC2(c1ccc(CCCCCCCC)cc1)c1ccc(CCCCCCCC)cc1. The van der Waals surface area contributed by atoms with Gasteiger partial charge >= 0.3 is 0 Å². The Morgan fingerprint density at radius 1 is 0.357 bits per heavy atom. The van der Waals surface area contributed by atoms with Crippen LogP contribution < -0.4 is 4.74 Å². The third kappa shape index (κ3) is 32.1. The Morgan fingerprint density at radius 2 is 0.671 bits per heavy atom. The molecule has 18 heteroatoms. The third-order valence-electron chi connectivity index (χ3n) is 29.1. The summed E-state index contributed by atoms with van der Waals surface area (Å²) in [6, 6.07) is 39.4. The molecular weight excluding hydrogens is 1910 g/mol. The number of Topliss-reactive ketones (excluding diaryl/α,β-unsaturated/α-hetero) is 2. The van der Waals surface area contributed by atoms with Crippen LogP contribution in [0.25, 0.3) is 62.0 Å². The minimum atomic E-state index is -1.19. The maximum Gasteiger partial charge on any atom is 0.194 e. The van der Waals surface area contributed by atoms with E-state index in [-0.39, 0.29) is 55.7 Å². The first-order valence-corrected chi connectivity index (χ1v) is 61.2. The second kappa shape index (κ2) is 61.4. The number of fused-ring (bicyclic) bond motifs is 7. The van der Waals surface area contributed by atoms with Gasteiger partial charge in [0.25, 0.3) is 0 Å². The fourth-order valence-corrected chi connectivity index (χ4v) is 30.1. The molecule has 0 amide bonds. The van der Waals surface area contributed by atoms with Gasteiger partial charge in [-0.3, -0.25) is 9.59 Å². The lowest BCUT2D eigenvalue weighted by molar-refractivity contribution is 0.103. The van der Waals surface area contributed by atoms with Crippen molar-refractivity contribution in [3.63, 3.8) is 0 Å². The van der Waals surface area contributed by atoms with Gasteiger partial charge in [0.2, 0.25) is 0 Å². The normalized spacial score (nSPS) is 14.2. The van der Waals surface area contributed by atoms with Gasteiger partial charge in [-0.15, -0.1) is 80.2 Å². The van der Waals surface area contributed by atoms with Crippen molar-refractivity contribution >= 4 is 124 Å². The summed E-state index contributed by atoms with van der Waals surface area (Å²) < 4.78 is 70.9. The highest BCUT2D eigenvalue weighted by molar-refractivity contribution is 7.99. The van der Waals surface area contributed by atoms with Crippen molar-refractivity contribution in [1.29, 1.82) is 21.0 Å². The molecule has 0 radical (unpaired) electrons. The van der Waals surface area contributed by atoms with E-state index in [1.54, 1.807) is 69.7 Å². The van der Waals surface area contributed by atoms with Crippen molar-refractivity contribution in [2.75, 3.05) is 11.5 Å². The molecule has 9 aromatic rings. The van der Waals surface area contributed by atoms with Crippen molar-refractivity contribution in [3.8, 4) is 59.3 Å². The molecule has 0 fully saturated rings. The second-order valence-corrected chi connectivity index (χ2v) is 47.7. The molecule has 143 heavy (non-hydrogen) atoms. The summed E-state index contributed by atoms with van der Waals surface area (Å²) >= 11 is 12.7. The predicted octanol–water partition coefficient (Wildman–Crippen LogP) is 41.6. The first-order chi connectivity index (χ1) is 70.1. The zero-order chi connectivity index (χ0) is 101. The standard InChI is InChI=1S/C125H154F4N4O3S7/c1-7-13-19-25-31-35-37-41-47-53-61-91(59-51-45-39-33-27-21-15-9-3)87-137-110-75-97(63-55-65-99-115(93(83-130)84-131)101-77-106(126)108(128)79-103(101)117(99)134)139-121(110)112-81-105-120(141-112)124-119(136-125(105,95-71-67-89(68-72-95)57-49-43-29-23-17-11-5)96-73-69-90(70-74-96)58-50-44-30-24-18-12-6)123-114(143-124)82-113(142-123)122-111(138-88-92(60-52-46-40-34-28-22-16-10-4)62-54-48-42-38-36-32-26-20-14-8-2)76-98(140-122)64-56-66-100-116(94(85-132)86-133)102-78-107(127)109(129)80-104(102)118(100)135/h55-56,63-82,91-92H,7-54,57-62,87-88H2,1-6H3/b63-55+,64-56+,99-65-,100-66-. The fraction of sp³-hybridized carbons (Fsp3) is 0.520. The number of unbranched alkanes of at least 4 members (excludes halogenated alkanes) is 42. The minimum Gasteiger partial charge on any atom is -0.470 e. The number of thiophene rings is 5. The van der Waals surface area contributed by atoms with E-state index in [0.717, 1.165) is 142 Å². The second-order valence-electron chi connectivity index (χ2n) is 40.2. The molecule has 0 bridgehead atoms. The van der Waals surface area contributed by atoms with Crippen molar-refractivity contribution in [3.05, 3.63) is 227 Å². The Kier molecular flexibility index (Phi) is 48.7. The summed E-state index contributed by atoms with van der Waals surface area (Å²) in [6.45, 7) is 13.7. The molecule has 7 nitrogen and oxygen atoms in total. The van der Waals surface area contributed by atoms with Crippen LogP contribution in [-0.2, 0) is 18.4 Å². The van der Waals surface area contributed by atoms with Gasteiger partial charge in [-0.1, -0.05) is 410 Å². The molecule has 0 spiro atoms. The molecule has 12 rings (SSSR count). The van der Waals surface area contributed by atoms with Gasteiger partial charge in [0, 0.05) is 90.9 Å². The van der Waals surface area contributed by atoms with Crippen molar-refractivity contribution < 1.29 is 31.9 Å². The van der Waals surface area contributed by atoms with Gasteiger partial charge < -0.3 is 4.74 Å². The summed E-state index contributed by atoms with van der Waals surface area (Å²) in [5.41, 5.74) is 3.73. The van der Waals surface area contributed by atoms with E-state index in [0.29, 0.717) is 11.8 Å². The van der Waals surface area contributed by atoms with Crippen molar-refractivity contribution in [2.24, 2.45) is 11.8 Å². The molecule has 2 atom stereocenters. The number of allylic oxidation sites excluding steroid dienone is 10. The minimum absolute atomic E-state index is 0.00921. The van der Waals surface area contributed by atoms with E-state index in [4.69, 9.17) is 4.74 Å². The van der Waals surface area contributed by atoms with E-state index in [9.17, 15) is 35.0 Å². The maximum absolute atomic E-state index is 15.2. The van der Waals surface area contributed by atoms with Gasteiger partial charge in [0.1, 0.15) is 35.4 Å². The molecule has 762 valence electrons. The maximum atomic E-state index is 15.2. The van der Waals surface area contributed by atoms with Crippen molar-refractivity contribution in [1.82, 2.24) is 0 Å². The molecule has 4 aromatic carbocycles. The average molecular weight is 2060 g/mol. The summed E-state index contributed by atoms with van der Waals surface area (Å²) in [5, 5.41) is 41.3. The van der Waals surface area contributed by atoms with Gasteiger partial charge in [-0.25, -0.2) is 17.6 Å². The van der Waals surface area contributed by atoms with E-state index in [1.807, 2.05) is 71.3 Å². The lowest BCUT2D eigenvalue weighted by Gasteiger charge is -2.39.